The van der Waals surface area contributed by atoms with E-state index in [4.69, 9.17) is 9.47 Å². The number of alkyl halides is 2. The summed E-state index contributed by atoms with van der Waals surface area (Å²) in [6.45, 7) is 0.0214. The molecule has 0 aromatic heterocycles. The number of benzene rings is 4. The van der Waals surface area contributed by atoms with E-state index >= 15 is 0 Å². The molecule has 0 unspecified atom stereocenters. The predicted molar refractivity (Wildman–Crippen MR) is 170 cm³/mol. The Morgan fingerprint density at radius 2 is 1.09 bits per heavy atom. The molecule has 0 saturated heterocycles. The average Bonchev–Trinajstić information content (AvgIpc) is 3.02. The van der Waals surface area contributed by atoms with Crippen LogP contribution in [0, 0.1) is 23.2 Å². The minimum absolute atomic E-state index is 0.125. The van der Waals surface area contributed by atoms with Crippen LogP contribution < -0.4 is 4.74 Å². The number of halogens is 2. The molecule has 0 spiro atoms. The molecule has 4 aromatic rings. The van der Waals surface area contributed by atoms with E-state index < -0.39 is 17.9 Å². The minimum atomic E-state index is -2.92. The number of hydrogen-bond donors (Lipinski definition) is 0. The molecule has 4 bridgehead atoms. The average molecular weight is 614 g/mol. The van der Waals surface area contributed by atoms with E-state index in [2.05, 4.69) is 72.8 Å². The number of para-hydroxylation sites is 1. The smallest absolute Gasteiger partial charge is 0.312 e. The molecule has 4 aromatic carbocycles. The van der Waals surface area contributed by atoms with Gasteiger partial charge in [0.25, 0.3) is 5.92 Å². The zero-order valence-electron chi connectivity index (χ0n) is 25.0. The molecule has 44 heavy (non-hydrogen) atoms. The zero-order valence-corrected chi connectivity index (χ0v) is 25.9. The molecule has 3 nitrogen and oxygen atoms in total. The molecule has 4 aliphatic carbocycles. The molecule has 4 saturated carbocycles. The van der Waals surface area contributed by atoms with Crippen LogP contribution in [0.1, 0.15) is 45.4 Å². The lowest BCUT2D eigenvalue weighted by molar-refractivity contribution is -0.180. The Morgan fingerprint density at radius 3 is 1.55 bits per heavy atom. The lowest BCUT2D eigenvalue weighted by atomic mass is 9.49. The van der Waals surface area contributed by atoms with Gasteiger partial charge >= 0.3 is 5.97 Å². The van der Waals surface area contributed by atoms with E-state index in [-0.39, 0.29) is 16.9 Å². The van der Waals surface area contributed by atoms with Crippen LogP contribution in [-0.2, 0) is 20.4 Å². The Balaban J connectivity index is 0.000000167. The molecule has 4 aliphatic rings. The summed E-state index contributed by atoms with van der Waals surface area (Å²) in [7, 11) is -0.125. The number of carbonyl (C=O) groups is 1. The summed E-state index contributed by atoms with van der Waals surface area (Å²) in [6.07, 6.45) is 6.30. The largest absolute Gasteiger partial charge is 0.459 e. The molecule has 0 heterocycles. The van der Waals surface area contributed by atoms with Gasteiger partial charge in [-0.25, -0.2) is 8.78 Å². The highest BCUT2D eigenvalue weighted by atomic mass is 32.2. The van der Waals surface area contributed by atoms with Crippen molar-refractivity contribution in [2.75, 3.05) is 6.61 Å². The first kappa shape index (κ1) is 30.4. The normalized spacial score (nSPS) is 23.5. The van der Waals surface area contributed by atoms with Crippen LogP contribution in [0.2, 0.25) is 0 Å². The molecule has 8 rings (SSSR count). The highest BCUT2D eigenvalue weighted by Crippen LogP contribution is 2.60. The molecule has 0 radical (unpaired) electrons. The summed E-state index contributed by atoms with van der Waals surface area (Å²) in [5.41, 5.74) is -0.417. The highest BCUT2D eigenvalue weighted by molar-refractivity contribution is 7.97. The van der Waals surface area contributed by atoms with E-state index in [1.807, 2.05) is 42.5 Å². The lowest BCUT2D eigenvalue weighted by Crippen LogP contribution is -2.51. The molecular formula is C38H39F2O3S+. The van der Waals surface area contributed by atoms with Gasteiger partial charge in [0, 0.05) is 6.92 Å². The second-order valence-corrected chi connectivity index (χ2v) is 14.7. The second kappa shape index (κ2) is 13.2. The first-order valence-corrected chi connectivity index (χ1v) is 16.7. The van der Waals surface area contributed by atoms with Gasteiger partial charge in [0.15, 0.2) is 21.3 Å². The van der Waals surface area contributed by atoms with Crippen LogP contribution in [0.5, 0.6) is 11.5 Å². The Morgan fingerprint density at radius 1 is 0.682 bits per heavy atom. The molecule has 4 fully saturated rings. The van der Waals surface area contributed by atoms with Crippen LogP contribution in [0.15, 0.2) is 130 Å². The maximum atomic E-state index is 12.8. The zero-order chi connectivity index (χ0) is 30.6. The molecule has 0 N–H and O–H groups in total. The number of carbonyl (C=O) groups excluding carboxylic acids is 1. The van der Waals surface area contributed by atoms with Crippen molar-refractivity contribution in [2.45, 2.75) is 66.1 Å². The van der Waals surface area contributed by atoms with Gasteiger partial charge < -0.3 is 9.47 Å². The Hall–Kier alpha value is -3.64. The summed E-state index contributed by atoms with van der Waals surface area (Å²) in [6, 6.07) is 39.6. The maximum Gasteiger partial charge on any atom is 0.312 e. The second-order valence-electron chi connectivity index (χ2n) is 12.7. The Kier molecular flexibility index (Phi) is 9.08. The van der Waals surface area contributed by atoms with Crippen LogP contribution in [0.25, 0.3) is 0 Å². The highest BCUT2D eigenvalue weighted by Gasteiger charge is 2.55. The van der Waals surface area contributed by atoms with Gasteiger partial charge in [-0.15, -0.1) is 0 Å². The summed E-state index contributed by atoms with van der Waals surface area (Å²) in [5.74, 6) is 0.318. The van der Waals surface area contributed by atoms with Crippen LogP contribution >= 0.6 is 0 Å². The summed E-state index contributed by atoms with van der Waals surface area (Å²) in [4.78, 5) is 16.1. The predicted octanol–water partition coefficient (Wildman–Crippen LogP) is 9.98. The van der Waals surface area contributed by atoms with Crippen molar-refractivity contribution < 1.29 is 23.0 Å². The van der Waals surface area contributed by atoms with Crippen LogP contribution in [0.3, 0.4) is 0 Å². The molecule has 228 valence electrons. The van der Waals surface area contributed by atoms with Gasteiger partial charge in [-0.05, 0) is 117 Å². The summed E-state index contributed by atoms with van der Waals surface area (Å²) >= 11 is 0. The number of rotatable bonds is 8. The van der Waals surface area contributed by atoms with Gasteiger partial charge in [-0.2, -0.15) is 0 Å². The molecule has 0 atom stereocenters. The van der Waals surface area contributed by atoms with Crippen molar-refractivity contribution in [3.63, 3.8) is 0 Å². The quantitative estimate of drug-likeness (QED) is 0.147. The minimum Gasteiger partial charge on any atom is -0.459 e. The third-order valence-corrected chi connectivity index (χ3v) is 11.2. The fourth-order valence-corrected chi connectivity index (χ4v) is 9.58. The van der Waals surface area contributed by atoms with E-state index in [0.717, 1.165) is 37.7 Å². The third kappa shape index (κ3) is 7.35. The van der Waals surface area contributed by atoms with E-state index in [0.29, 0.717) is 17.8 Å². The van der Waals surface area contributed by atoms with Gasteiger partial charge in [0.05, 0.1) is 16.3 Å². The first-order valence-electron chi connectivity index (χ1n) is 15.5. The van der Waals surface area contributed by atoms with E-state index in [9.17, 15) is 13.6 Å². The first-order chi connectivity index (χ1) is 21.3. The third-order valence-electron chi connectivity index (χ3n) is 8.92. The lowest BCUT2D eigenvalue weighted by Gasteiger charge is -2.55. The van der Waals surface area contributed by atoms with Crippen molar-refractivity contribution in [2.24, 2.45) is 23.2 Å². The number of esters is 1. The van der Waals surface area contributed by atoms with E-state index in [1.54, 1.807) is 0 Å². The fraction of sp³-hybridized carbons (Fsp3) is 0.342. The Labute approximate surface area is 262 Å². The molecule has 0 amide bonds. The van der Waals surface area contributed by atoms with Crippen molar-refractivity contribution >= 4 is 16.9 Å². The van der Waals surface area contributed by atoms with E-state index in [1.165, 1.54) is 33.9 Å². The molecular weight excluding hydrogens is 574 g/mol. The fourth-order valence-electron chi connectivity index (χ4n) is 7.50. The topological polar surface area (TPSA) is 35.5 Å². The van der Waals surface area contributed by atoms with Crippen LogP contribution in [-0.4, -0.2) is 18.5 Å². The van der Waals surface area contributed by atoms with Gasteiger partial charge in [0.2, 0.25) is 0 Å². The van der Waals surface area contributed by atoms with Crippen molar-refractivity contribution in [3.05, 3.63) is 115 Å². The molecule has 0 aliphatic heterocycles. The number of ether oxygens (including phenoxy) is 2. The van der Waals surface area contributed by atoms with Gasteiger partial charge in [0.1, 0.15) is 11.5 Å². The van der Waals surface area contributed by atoms with Crippen molar-refractivity contribution in [1.82, 2.24) is 0 Å². The van der Waals surface area contributed by atoms with Crippen molar-refractivity contribution in [3.8, 4) is 11.5 Å². The summed E-state index contributed by atoms with van der Waals surface area (Å²) in [5, 5.41) is 0. The van der Waals surface area contributed by atoms with Gasteiger partial charge in [-0.1, -0.05) is 54.6 Å². The van der Waals surface area contributed by atoms with Crippen LogP contribution in [0.4, 0.5) is 8.78 Å². The monoisotopic (exact) mass is 613 g/mol. The standard InChI is InChI=1S/C24H19OS.C14H20F2O2/c1-4-10-20(11-5-1)25-21-16-18-24(19-17-21)26(22-12-6-2-7-13-22)23-14-8-3-9-15-23;1-13(15,16)8-18-12(17)14-5-9-2-10(6-14)4-11(3-9)7-14/h1-19H;9-11H,2-8H2,1H3/q+1;. The maximum absolute atomic E-state index is 12.8. The van der Waals surface area contributed by atoms with Gasteiger partial charge in [-0.3, -0.25) is 4.79 Å². The Bertz CT molecular complexity index is 1430. The summed E-state index contributed by atoms with van der Waals surface area (Å²) < 4.78 is 36.4. The SMILES string of the molecule is CC(F)(F)COC(=O)C12CC3CC(CC(C3)C1)C2.c1ccc(Oc2ccc([S+](c3ccccc3)c3ccccc3)cc2)cc1. The molecule has 6 heteroatoms. The van der Waals surface area contributed by atoms with Crippen molar-refractivity contribution in [1.29, 1.82) is 0 Å². The number of hydrogen-bond acceptors (Lipinski definition) is 3.